The molecule has 0 atom stereocenters. The third-order valence-electron chi connectivity index (χ3n) is 3.38. The monoisotopic (exact) mass is 255 g/mol. The van der Waals surface area contributed by atoms with Gasteiger partial charge in [0.15, 0.2) is 6.29 Å². The van der Waals surface area contributed by atoms with E-state index in [1.165, 1.54) is 7.05 Å². The van der Waals surface area contributed by atoms with Crippen LogP contribution < -0.4 is 4.90 Å². The Morgan fingerprint density at radius 2 is 1.63 bits per heavy atom. The summed E-state index contributed by atoms with van der Waals surface area (Å²) in [5.74, 6) is -1.48. The highest BCUT2D eigenvalue weighted by atomic mass is 16.3. The Hall–Kier alpha value is -2.53. The molecule has 3 rings (SSSR count). The highest BCUT2D eigenvalue weighted by Gasteiger charge is 2.48. The van der Waals surface area contributed by atoms with Crippen molar-refractivity contribution in [2.24, 2.45) is 0 Å². The van der Waals surface area contributed by atoms with Crippen molar-refractivity contribution >= 4 is 28.9 Å². The Bertz CT molecular complexity index is 764. The average Bonchev–Trinajstić information content (AvgIpc) is 2.65. The van der Waals surface area contributed by atoms with Crippen molar-refractivity contribution in [3.8, 4) is 5.75 Å². The SMILES string of the molecule is C[N+]1C(=O)c2c(O)c(C=O)c3ccccc3c2C1=O. The van der Waals surface area contributed by atoms with Gasteiger partial charge in [0.25, 0.3) is 0 Å². The first-order valence-electron chi connectivity index (χ1n) is 5.63. The van der Waals surface area contributed by atoms with Gasteiger partial charge >= 0.3 is 11.8 Å². The van der Waals surface area contributed by atoms with Gasteiger partial charge in [0.05, 0.1) is 5.56 Å². The van der Waals surface area contributed by atoms with Crippen LogP contribution in [-0.2, 0) is 0 Å². The molecular formula is C14H9NO4+. The maximum atomic E-state index is 12.1. The summed E-state index contributed by atoms with van der Waals surface area (Å²) in [6, 6.07) is 6.70. The van der Waals surface area contributed by atoms with Gasteiger partial charge in [0.2, 0.25) is 0 Å². The molecule has 0 spiro atoms. The van der Waals surface area contributed by atoms with Crippen molar-refractivity contribution in [2.45, 2.75) is 0 Å². The number of imide groups is 1. The molecule has 2 aromatic rings. The van der Waals surface area contributed by atoms with Crippen LogP contribution in [0.3, 0.4) is 0 Å². The van der Waals surface area contributed by atoms with Crippen LogP contribution in [0, 0.1) is 0 Å². The van der Waals surface area contributed by atoms with Gasteiger partial charge in [0, 0.05) is 5.39 Å². The van der Waals surface area contributed by atoms with Crippen molar-refractivity contribution in [1.29, 1.82) is 0 Å². The van der Waals surface area contributed by atoms with Crippen molar-refractivity contribution in [3.63, 3.8) is 0 Å². The van der Waals surface area contributed by atoms with E-state index in [1.807, 2.05) is 0 Å². The fourth-order valence-corrected chi connectivity index (χ4v) is 2.43. The van der Waals surface area contributed by atoms with E-state index in [-0.39, 0.29) is 16.7 Å². The van der Waals surface area contributed by atoms with Gasteiger partial charge in [0.1, 0.15) is 23.9 Å². The molecule has 19 heavy (non-hydrogen) atoms. The van der Waals surface area contributed by atoms with E-state index in [0.29, 0.717) is 17.1 Å². The Morgan fingerprint density at radius 1 is 1.05 bits per heavy atom. The summed E-state index contributed by atoms with van der Waals surface area (Å²) < 4.78 is 0. The third-order valence-corrected chi connectivity index (χ3v) is 3.38. The van der Waals surface area contributed by atoms with Crippen LogP contribution in [-0.4, -0.2) is 30.3 Å². The van der Waals surface area contributed by atoms with Crippen LogP contribution in [0.1, 0.15) is 31.1 Å². The molecular weight excluding hydrogens is 246 g/mol. The average molecular weight is 255 g/mol. The van der Waals surface area contributed by atoms with Gasteiger partial charge in [-0.15, -0.1) is 0 Å². The van der Waals surface area contributed by atoms with Gasteiger partial charge in [-0.2, -0.15) is 0 Å². The molecule has 2 aromatic carbocycles. The fraction of sp³-hybridized carbons (Fsp3) is 0.0714. The summed E-state index contributed by atoms with van der Waals surface area (Å²) in [6.07, 6.45) is 0.494. The Labute approximate surface area is 108 Å². The highest BCUT2D eigenvalue weighted by Crippen LogP contribution is 2.38. The number of carbonyl (C=O) groups is 3. The van der Waals surface area contributed by atoms with Gasteiger partial charge in [-0.25, -0.2) is 9.59 Å². The zero-order valence-electron chi connectivity index (χ0n) is 10.0. The van der Waals surface area contributed by atoms with E-state index in [2.05, 4.69) is 0 Å². The number of rotatable bonds is 1. The lowest BCUT2D eigenvalue weighted by atomic mass is 9.95. The molecule has 0 bridgehead atoms. The zero-order chi connectivity index (χ0) is 13.7. The lowest BCUT2D eigenvalue weighted by molar-refractivity contribution is 0.0793. The van der Waals surface area contributed by atoms with Gasteiger partial charge in [-0.05, 0) is 10.3 Å². The lowest BCUT2D eigenvalue weighted by Gasteiger charge is -2.06. The number of aldehydes is 1. The minimum Gasteiger partial charge on any atom is -0.506 e. The molecule has 2 amide bonds. The summed E-state index contributed by atoms with van der Waals surface area (Å²) in [5, 5.41) is 11.0. The molecule has 0 saturated heterocycles. The summed E-state index contributed by atoms with van der Waals surface area (Å²) in [6.45, 7) is 0. The van der Waals surface area contributed by atoms with E-state index in [1.54, 1.807) is 24.3 Å². The number of aromatic hydroxyl groups is 1. The Kier molecular flexibility index (Phi) is 2.27. The normalized spacial score (nSPS) is 15.0. The minimum absolute atomic E-state index is 0.0331. The summed E-state index contributed by atoms with van der Waals surface area (Å²) in [5.41, 5.74) is 0.102. The van der Waals surface area contributed by atoms with Crippen LogP contribution in [0.4, 0.5) is 0 Å². The number of nitrogens with zero attached hydrogens (tertiary/aromatic N) is 1. The molecule has 1 aliphatic heterocycles. The largest absolute Gasteiger partial charge is 0.506 e. The van der Waals surface area contributed by atoms with Gasteiger partial charge < -0.3 is 5.11 Å². The van der Waals surface area contributed by atoms with E-state index in [4.69, 9.17) is 0 Å². The number of fused-ring (bicyclic) bond motifs is 3. The molecule has 0 unspecified atom stereocenters. The molecule has 0 saturated carbocycles. The number of hydrogen-bond donors (Lipinski definition) is 1. The highest BCUT2D eigenvalue weighted by molar-refractivity contribution is 6.31. The molecule has 0 fully saturated rings. The van der Waals surface area contributed by atoms with Crippen LogP contribution in [0.25, 0.3) is 10.8 Å². The molecule has 5 nitrogen and oxygen atoms in total. The molecule has 1 radical (unpaired) electrons. The van der Waals surface area contributed by atoms with Gasteiger partial charge in [-0.3, -0.25) is 4.79 Å². The Balaban J connectivity index is 2.58. The maximum absolute atomic E-state index is 12.1. The van der Waals surface area contributed by atoms with E-state index < -0.39 is 17.6 Å². The molecule has 0 aliphatic carbocycles. The second-order valence-electron chi connectivity index (χ2n) is 4.35. The third kappa shape index (κ3) is 1.30. The van der Waals surface area contributed by atoms with Crippen molar-refractivity contribution < 1.29 is 19.5 Å². The zero-order valence-corrected chi connectivity index (χ0v) is 10.0. The quantitative estimate of drug-likeness (QED) is 0.475. The second kappa shape index (κ2) is 3.73. The standard InChI is InChI=1S/C14H9NO4/c1-15-13(18)10-8-5-3-2-4-7(8)9(6-16)12(17)11(10)14(15)19/h2-6,17H,1H3/q+1. The summed E-state index contributed by atoms with van der Waals surface area (Å²) in [7, 11) is 1.35. The predicted octanol–water partition coefficient (Wildman–Crippen LogP) is 1.42. The van der Waals surface area contributed by atoms with Crippen molar-refractivity contribution in [1.82, 2.24) is 4.90 Å². The number of benzene rings is 2. The lowest BCUT2D eigenvalue weighted by Crippen LogP contribution is -2.31. The first-order chi connectivity index (χ1) is 9.07. The van der Waals surface area contributed by atoms with Crippen LogP contribution >= 0.6 is 0 Å². The number of phenolic OH excluding ortho intramolecular Hbond substituents is 1. The number of phenols is 1. The molecule has 93 valence electrons. The number of hydrogen-bond acceptors (Lipinski definition) is 4. The van der Waals surface area contributed by atoms with E-state index in [9.17, 15) is 19.5 Å². The van der Waals surface area contributed by atoms with Crippen molar-refractivity contribution in [3.05, 3.63) is 41.0 Å². The van der Waals surface area contributed by atoms with E-state index >= 15 is 0 Å². The Morgan fingerprint density at radius 3 is 2.26 bits per heavy atom. The van der Waals surface area contributed by atoms with Crippen LogP contribution in [0.15, 0.2) is 24.3 Å². The number of amides is 2. The molecule has 1 N–H and O–H groups in total. The minimum atomic E-state index is -0.591. The first-order valence-corrected chi connectivity index (χ1v) is 5.63. The van der Waals surface area contributed by atoms with Crippen LogP contribution in [0.5, 0.6) is 5.75 Å². The summed E-state index contributed by atoms with van der Waals surface area (Å²) in [4.78, 5) is 36.1. The fourth-order valence-electron chi connectivity index (χ4n) is 2.43. The smallest absolute Gasteiger partial charge is 0.406 e. The summed E-state index contributed by atoms with van der Waals surface area (Å²) >= 11 is 0. The topological polar surface area (TPSA) is 77.3 Å². The molecule has 1 aliphatic rings. The van der Waals surface area contributed by atoms with Crippen LogP contribution in [0.2, 0.25) is 0 Å². The van der Waals surface area contributed by atoms with Crippen molar-refractivity contribution in [2.75, 3.05) is 7.05 Å². The second-order valence-corrected chi connectivity index (χ2v) is 4.35. The predicted molar refractivity (Wildman–Crippen MR) is 67.7 cm³/mol. The number of carbonyl (C=O) groups excluding carboxylic acids is 3. The maximum Gasteiger partial charge on any atom is 0.406 e. The molecule has 5 heteroatoms. The van der Waals surface area contributed by atoms with E-state index in [0.717, 1.165) is 4.90 Å². The molecule has 1 heterocycles. The first kappa shape index (κ1) is 11.6. The van der Waals surface area contributed by atoms with Gasteiger partial charge in [-0.1, -0.05) is 24.3 Å². The molecule has 0 aromatic heterocycles.